The summed E-state index contributed by atoms with van der Waals surface area (Å²) in [7, 11) is 0. The summed E-state index contributed by atoms with van der Waals surface area (Å²) in [5.74, 6) is 0. The van der Waals surface area contributed by atoms with Gasteiger partial charge in [-0.3, -0.25) is 0 Å². The van der Waals surface area contributed by atoms with Crippen molar-refractivity contribution in [3.8, 4) is 0 Å². The van der Waals surface area contributed by atoms with Gasteiger partial charge in [0.2, 0.25) is 0 Å². The van der Waals surface area contributed by atoms with Crippen molar-refractivity contribution in [3.63, 3.8) is 0 Å². The van der Waals surface area contributed by atoms with Gasteiger partial charge in [0.05, 0.1) is 6.26 Å². The van der Waals surface area contributed by atoms with Crippen LogP contribution in [0.15, 0.2) is 12.8 Å². The Bertz CT molecular complexity index is 95.2. The minimum Gasteiger partial charge on any atom is -0.490 e. The number of halogens is 3. The molecule has 0 aromatic heterocycles. The zero-order valence-corrected chi connectivity index (χ0v) is 5.56. The Morgan fingerprint density at radius 3 is 2.00 bits per heavy atom. The molecule has 0 amide bonds. The molecule has 0 aliphatic rings. The largest absolute Gasteiger partial charge is 0.490 e. The summed E-state index contributed by atoms with van der Waals surface area (Å²) >= 11 is 0. The fraction of sp³-hybridized carbons (Fsp3) is 0.667. The maximum atomic E-state index is 12.2. The molecule has 0 aromatic rings. The molecule has 2 atom stereocenters. The number of alkyl halides is 3. The molecule has 60 valence electrons. The van der Waals surface area contributed by atoms with Gasteiger partial charge < -0.3 is 4.74 Å². The minimum absolute atomic E-state index is 0.812. The summed E-state index contributed by atoms with van der Waals surface area (Å²) < 4.78 is 39.8. The Balaban J connectivity index is 3.84. The summed E-state index contributed by atoms with van der Waals surface area (Å²) in [5, 5.41) is 0. The van der Waals surface area contributed by atoms with Gasteiger partial charge in [-0.05, 0) is 6.92 Å². The first-order valence-electron chi connectivity index (χ1n) is 2.78. The Kier molecular flexibility index (Phi) is 3.91. The predicted octanol–water partition coefficient (Wildman–Crippen LogP) is 2.14. The monoisotopic (exact) mass is 154 g/mol. The van der Waals surface area contributed by atoms with E-state index in [-0.39, 0.29) is 0 Å². The zero-order chi connectivity index (χ0) is 8.15. The first-order chi connectivity index (χ1) is 4.59. The van der Waals surface area contributed by atoms with Crippen molar-refractivity contribution in [1.29, 1.82) is 0 Å². The van der Waals surface area contributed by atoms with Gasteiger partial charge in [0, 0.05) is 0 Å². The van der Waals surface area contributed by atoms with Gasteiger partial charge in [-0.25, -0.2) is 13.2 Å². The molecule has 0 radical (unpaired) electrons. The topological polar surface area (TPSA) is 9.23 Å². The maximum Gasteiger partial charge on any atom is 0.277 e. The molecule has 0 saturated heterocycles. The van der Waals surface area contributed by atoms with Crippen molar-refractivity contribution in [2.75, 3.05) is 0 Å². The summed E-state index contributed by atoms with van der Waals surface area (Å²) in [5.41, 5.74) is 0. The lowest BCUT2D eigenvalue weighted by molar-refractivity contribution is -0.0507. The molecule has 0 aromatic carbocycles. The third kappa shape index (κ3) is 2.75. The van der Waals surface area contributed by atoms with Crippen LogP contribution in [0.3, 0.4) is 0 Å². The summed E-state index contributed by atoms with van der Waals surface area (Å²) in [6.45, 7) is 4.06. The first-order valence-corrected chi connectivity index (χ1v) is 2.78. The summed E-state index contributed by atoms with van der Waals surface area (Å²) in [4.78, 5) is 0. The molecule has 0 heterocycles. The van der Waals surface area contributed by atoms with Crippen LogP contribution in [0, 0.1) is 0 Å². The Morgan fingerprint density at radius 1 is 1.40 bits per heavy atom. The highest BCUT2D eigenvalue weighted by Crippen LogP contribution is 2.12. The quantitative estimate of drug-likeness (QED) is 0.563. The lowest BCUT2D eigenvalue weighted by Gasteiger charge is -2.15. The number of hydrogen-bond donors (Lipinski definition) is 0. The van der Waals surface area contributed by atoms with E-state index >= 15 is 0 Å². The SMILES string of the molecule is C=COC(C(C)F)C(F)F. The van der Waals surface area contributed by atoms with Crippen LogP contribution in [0.5, 0.6) is 0 Å². The zero-order valence-electron chi connectivity index (χ0n) is 5.56. The molecule has 0 saturated carbocycles. The molecule has 0 aliphatic heterocycles. The van der Waals surface area contributed by atoms with E-state index in [0.717, 1.165) is 13.2 Å². The van der Waals surface area contributed by atoms with E-state index in [1.54, 1.807) is 0 Å². The van der Waals surface area contributed by atoms with Gasteiger partial charge in [0.1, 0.15) is 6.17 Å². The van der Waals surface area contributed by atoms with Crippen LogP contribution in [0.4, 0.5) is 13.2 Å². The predicted molar refractivity (Wildman–Crippen MR) is 31.6 cm³/mol. The van der Waals surface area contributed by atoms with Crippen LogP contribution < -0.4 is 0 Å². The second-order valence-electron chi connectivity index (χ2n) is 1.78. The Labute approximate surface area is 57.5 Å². The lowest BCUT2D eigenvalue weighted by Crippen LogP contribution is -2.28. The normalized spacial score (nSPS) is 16.5. The fourth-order valence-corrected chi connectivity index (χ4v) is 0.479. The van der Waals surface area contributed by atoms with Crippen LogP contribution in [0.2, 0.25) is 0 Å². The van der Waals surface area contributed by atoms with Gasteiger partial charge in [0.25, 0.3) is 6.43 Å². The van der Waals surface area contributed by atoms with Crippen molar-refractivity contribution in [3.05, 3.63) is 12.8 Å². The highest BCUT2D eigenvalue weighted by atomic mass is 19.3. The van der Waals surface area contributed by atoms with Crippen molar-refractivity contribution in [2.24, 2.45) is 0 Å². The Hall–Kier alpha value is -0.670. The van der Waals surface area contributed by atoms with Crippen molar-refractivity contribution in [1.82, 2.24) is 0 Å². The minimum atomic E-state index is -2.81. The van der Waals surface area contributed by atoms with E-state index in [9.17, 15) is 13.2 Å². The fourth-order valence-electron chi connectivity index (χ4n) is 0.479. The standard InChI is InChI=1S/C6H9F3O/c1-3-10-5(4(2)7)6(8)9/h3-6H,1H2,2H3. The smallest absolute Gasteiger partial charge is 0.277 e. The second-order valence-corrected chi connectivity index (χ2v) is 1.78. The van der Waals surface area contributed by atoms with E-state index in [4.69, 9.17) is 0 Å². The Morgan fingerprint density at radius 2 is 1.90 bits per heavy atom. The van der Waals surface area contributed by atoms with Crippen LogP contribution in [0.1, 0.15) is 6.92 Å². The van der Waals surface area contributed by atoms with E-state index in [1.807, 2.05) is 0 Å². The van der Waals surface area contributed by atoms with Crippen LogP contribution >= 0.6 is 0 Å². The summed E-state index contributed by atoms with van der Waals surface area (Å²) in [6, 6.07) is 0. The van der Waals surface area contributed by atoms with Gasteiger partial charge >= 0.3 is 0 Å². The summed E-state index contributed by atoms with van der Waals surface area (Å²) in [6.07, 6.45) is -5.36. The molecule has 0 N–H and O–H groups in total. The van der Waals surface area contributed by atoms with E-state index in [1.165, 1.54) is 0 Å². The molecule has 0 spiro atoms. The third-order valence-electron chi connectivity index (χ3n) is 0.954. The van der Waals surface area contributed by atoms with Crippen molar-refractivity contribution < 1.29 is 17.9 Å². The van der Waals surface area contributed by atoms with Gasteiger partial charge in [0.15, 0.2) is 6.10 Å². The first kappa shape index (κ1) is 9.33. The molecule has 2 unspecified atom stereocenters. The van der Waals surface area contributed by atoms with Crippen molar-refractivity contribution >= 4 is 0 Å². The van der Waals surface area contributed by atoms with Gasteiger partial charge in [-0.15, -0.1) is 0 Å². The van der Waals surface area contributed by atoms with Crippen molar-refractivity contribution in [2.45, 2.75) is 25.6 Å². The maximum absolute atomic E-state index is 12.2. The van der Waals surface area contributed by atoms with Gasteiger partial charge in [-0.1, -0.05) is 6.58 Å². The number of ether oxygens (including phenoxy) is 1. The number of rotatable bonds is 4. The average molecular weight is 154 g/mol. The van der Waals surface area contributed by atoms with Crippen LogP contribution in [0.25, 0.3) is 0 Å². The molecule has 0 fully saturated rings. The molecule has 1 nitrogen and oxygen atoms in total. The van der Waals surface area contributed by atoms with E-state index in [2.05, 4.69) is 11.3 Å². The molecule has 4 heteroatoms. The van der Waals surface area contributed by atoms with E-state index < -0.39 is 18.7 Å². The average Bonchev–Trinajstić information content (AvgIpc) is 1.81. The highest BCUT2D eigenvalue weighted by Gasteiger charge is 2.27. The molecule has 0 rings (SSSR count). The van der Waals surface area contributed by atoms with Crippen LogP contribution in [-0.2, 0) is 4.74 Å². The molecule has 0 bridgehead atoms. The molecule has 10 heavy (non-hydrogen) atoms. The highest BCUT2D eigenvalue weighted by molar-refractivity contribution is 4.70. The van der Waals surface area contributed by atoms with Crippen LogP contribution in [-0.4, -0.2) is 18.7 Å². The van der Waals surface area contributed by atoms with Gasteiger partial charge in [-0.2, -0.15) is 0 Å². The molecular formula is C6H9F3O. The van der Waals surface area contributed by atoms with E-state index in [0.29, 0.717) is 0 Å². The lowest BCUT2D eigenvalue weighted by atomic mass is 10.2. The molecule has 0 aliphatic carbocycles. The number of hydrogen-bond acceptors (Lipinski definition) is 1. The molecular weight excluding hydrogens is 145 g/mol. The third-order valence-corrected chi connectivity index (χ3v) is 0.954. The second kappa shape index (κ2) is 4.19.